The number of hydrogen-bond donors (Lipinski definition) is 1. The summed E-state index contributed by atoms with van der Waals surface area (Å²) in [6, 6.07) is 0. The average Bonchev–Trinajstić information content (AvgIpc) is 2.44. The molecule has 1 aromatic rings. The normalized spacial score (nSPS) is 9.64. The molecule has 0 saturated heterocycles. The third-order valence-corrected chi connectivity index (χ3v) is 1.78. The Hall–Kier alpha value is -1.39. The Morgan fingerprint density at radius 3 is 2.93 bits per heavy atom. The van der Waals surface area contributed by atoms with Crippen molar-refractivity contribution in [3.8, 4) is 0 Å². The molecule has 1 N–H and O–H groups in total. The number of aromatic nitrogens is 2. The van der Waals surface area contributed by atoms with E-state index in [2.05, 4.69) is 4.98 Å². The van der Waals surface area contributed by atoms with Gasteiger partial charge in [-0.25, -0.2) is 0 Å². The second kappa shape index (κ2) is 4.21. The molecule has 0 unspecified atom stereocenters. The van der Waals surface area contributed by atoms with E-state index in [0.717, 1.165) is 7.07 Å². The third-order valence-electron chi connectivity index (χ3n) is 1.78. The first-order valence-electron chi connectivity index (χ1n) is 4.11. The molecule has 71 valence electrons. The summed E-state index contributed by atoms with van der Waals surface area (Å²) in [5, 5.41) is 7.12. The molecule has 0 atom stereocenters. The summed E-state index contributed by atoms with van der Waals surface area (Å²) in [4.78, 5) is 15.1. The number of nitrogens with one attached hydrogen (secondary N) is 1. The van der Waals surface area contributed by atoms with Crippen LogP contribution in [0, 0.1) is 5.31 Å². The average molecular weight is 189 g/mol. The molecule has 0 aliphatic carbocycles. The SMILES string of the molecule is [B-]c1nc(C(=O)OCC)c(B=N)n1C. The topological polar surface area (TPSA) is 68.0 Å². The van der Waals surface area contributed by atoms with E-state index in [1.165, 1.54) is 4.57 Å². The molecule has 3 radical (unpaired) electrons. The van der Waals surface area contributed by atoms with E-state index in [0.29, 0.717) is 5.59 Å². The van der Waals surface area contributed by atoms with Crippen LogP contribution in [0.1, 0.15) is 17.4 Å². The van der Waals surface area contributed by atoms with Crippen molar-refractivity contribution in [1.82, 2.24) is 9.55 Å². The Morgan fingerprint density at radius 1 is 1.79 bits per heavy atom. The van der Waals surface area contributed by atoms with E-state index < -0.39 is 5.97 Å². The molecule has 0 aliphatic heterocycles. The third kappa shape index (κ3) is 1.76. The minimum absolute atomic E-state index is 0.0850. The molecular weight excluding hydrogens is 180 g/mol. The summed E-state index contributed by atoms with van der Waals surface area (Å²) in [7, 11) is 8.15. The predicted molar refractivity (Wildman–Crippen MR) is 52.7 cm³/mol. The van der Waals surface area contributed by atoms with Gasteiger partial charge in [0.1, 0.15) is 0 Å². The number of hydrogen-bond acceptors (Lipinski definition) is 4. The van der Waals surface area contributed by atoms with Crippen LogP contribution in [0.4, 0.5) is 0 Å². The molecule has 1 rings (SSSR count). The summed E-state index contributed by atoms with van der Waals surface area (Å²) in [6.07, 6.45) is 0. The second-order valence-corrected chi connectivity index (χ2v) is 2.63. The monoisotopic (exact) mass is 189 g/mol. The number of rotatable bonds is 3. The first-order chi connectivity index (χ1) is 6.61. The zero-order valence-corrected chi connectivity index (χ0v) is 8.07. The van der Waals surface area contributed by atoms with Crippen molar-refractivity contribution in [3.05, 3.63) is 5.69 Å². The number of ether oxygens (including phenoxy) is 1. The fourth-order valence-corrected chi connectivity index (χ4v) is 1.04. The van der Waals surface area contributed by atoms with Gasteiger partial charge in [-0.05, 0) is 0 Å². The predicted octanol–water partition coefficient (Wildman–Crippen LogP) is -1.52. The Balaban J connectivity index is 3.14. The minimum atomic E-state index is -0.557. The number of carbonyl (C=O) groups is 1. The molecule has 1 heterocycles. The molecule has 5 nitrogen and oxygen atoms in total. The second-order valence-electron chi connectivity index (χ2n) is 2.63. The van der Waals surface area contributed by atoms with Gasteiger partial charge in [-0.1, -0.05) is 0 Å². The molecule has 0 spiro atoms. The van der Waals surface area contributed by atoms with Gasteiger partial charge >= 0.3 is 82.9 Å². The van der Waals surface area contributed by atoms with E-state index >= 15 is 0 Å². The van der Waals surface area contributed by atoms with Gasteiger partial charge in [0, 0.05) is 0 Å². The standard InChI is InChI=1S/C7H9B2N3O2/c1-3-14-6(13)4-5(9-10)12(2)7(8)11-4/h10H,3H2,1-2H3/q-1. The van der Waals surface area contributed by atoms with E-state index in [9.17, 15) is 4.79 Å². The molecule has 0 aromatic carbocycles. The van der Waals surface area contributed by atoms with Crippen molar-refractivity contribution in [2.75, 3.05) is 6.61 Å². The first-order valence-corrected chi connectivity index (χ1v) is 4.11. The van der Waals surface area contributed by atoms with Crippen molar-refractivity contribution < 1.29 is 9.53 Å². The first kappa shape index (κ1) is 10.7. The van der Waals surface area contributed by atoms with Crippen LogP contribution >= 0.6 is 0 Å². The molecule has 0 bridgehead atoms. The molecule has 0 fully saturated rings. The summed E-state index contributed by atoms with van der Waals surface area (Å²) in [5.41, 5.74) is 0.620. The van der Waals surface area contributed by atoms with Crippen LogP contribution in [0.15, 0.2) is 0 Å². The van der Waals surface area contributed by atoms with Crippen molar-refractivity contribution in [2.45, 2.75) is 6.92 Å². The molecule has 7 heteroatoms. The summed E-state index contributed by atoms with van der Waals surface area (Å²) >= 11 is 0. The Bertz CT molecular complexity index is 375. The number of nitrogens with zero attached hydrogens (tertiary/aromatic N) is 2. The van der Waals surface area contributed by atoms with Crippen molar-refractivity contribution in [2.24, 2.45) is 7.05 Å². The van der Waals surface area contributed by atoms with Crippen molar-refractivity contribution in [1.29, 1.82) is 5.31 Å². The summed E-state index contributed by atoms with van der Waals surface area (Å²) < 4.78 is 6.22. The van der Waals surface area contributed by atoms with Crippen LogP contribution in [-0.2, 0) is 11.8 Å². The van der Waals surface area contributed by atoms with Gasteiger partial charge in [-0.2, -0.15) is 0 Å². The fourth-order valence-electron chi connectivity index (χ4n) is 1.04. The van der Waals surface area contributed by atoms with Gasteiger partial charge < -0.3 is 0 Å². The molecule has 1 aromatic heterocycles. The zero-order chi connectivity index (χ0) is 10.7. The van der Waals surface area contributed by atoms with Crippen LogP contribution in [0.2, 0.25) is 0 Å². The number of carbonyl (C=O) groups excluding carboxylic acids is 1. The van der Waals surface area contributed by atoms with Gasteiger partial charge in [0.25, 0.3) is 0 Å². The quantitative estimate of drug-likeness (QED) is 0.463. The molecule has 0 saturated carbocycles. The van der Waals surface area contributed by atoms with Crippen LogP contribution in [-0.4, -0.2) is 37.0 Å². The van der Waals surface area contributed by atoms with Crippen molar-refractivity contribution in [3.63, 3.8) is 0 Å². The van der Waals surface area contributed by atoms with E-state index in [-0.39, 0.29) is 18.0 Å². The van der Waals surface area contributed by atoms with Gasteiger partial charge in [-0.15, -0.1) is 0 Å². The molecule has 14 heavy (non-hydrogen) atoms. The van der Waals surface area contributed by atoms with Gasteiger partial charge in [-0.3, -0.25) is 0 Å². The van der Waals surface area contributed by atoms with E-state index in [1.54, 1.807) is 14.0 Å². The van der Waals surface area contributed by atoms with Crippen LogP contribution in [0.3, 0.4) is 0 Å². The van der Waals surface area contributed by atoms with Crippen LogP contribution < -0.4 is 11.3 Å². The van der Waals surface area contributed by atoms with Crippen molar-refractivity contribution >= 4 is 32.2 Å². The van der Waals surface area contributed by atoms with Crippen LogP contribution in [0.5, 0.6) is 0 Å². The Morgan fingerprint density at radius 2 is 2.43 bits per heavy atom. The summed E-state index contributed by atoms with van der Waals surface area (Å²) in [6.45, 7) is 1.97. The van der Waals surface area contributed by atoms with Gasteiger partial charge in [0.2, 0.25) is 0 Å². The van der Waals surface area contributed by atoms with E-state index in [4.69, 9.17) is 17.9 Å². The van der Waals surface area contributed by atoms with Gasteiger partial charge in [0.05, 0.1) is 0 Å². The Labute approximate surface area is 83.6 Å². The molecule has 0 amide bonds. The Kier molecular flexibility index (Phi) is 3.22. The molecule has 0 aliphatic rings. The zero-order valence-electron chi connectivity index (χ0n) is 8.07. The maximum absolute atomic E-state index is 11.3. The maximum atomic E-state index is 11.3. The van der Waals surface area contributed by atoms with E-state index in [1.807, 2.05) is 0 Å². The number of esters is 1. The fraction of sp³-hybridized carbons (Fsp3) is 0.429. The van der Waals surface area contributed by atoms with Gasteiger partial charge in [0.15, 0.2) is 0 Å². The number of imidazole rings is 1. The van der Waals surface area contributed by atoms with Crippen LogP contribution in [0.25, 0.3) is 0 Å². The summed E-state index contributed by atoms with van der Waals surface area (Å²) in [5.74, 6) is -0.557. The molecular formula is C7H9B2N3O2-.